The summed E-state index contributed by atoms with van der Waals surface area (Å²) in [7, 11) is 0. The Labute approximate surface area is 193 Å². The van der Waals surface area contributed by atoms with Crippen LogP contribution in [0.2, 0.25) is 0 Å². The number of thiophene rings is 1. The Morgan fingerprint density at radius 2 is 2.03 bits per heavy atom. The molecule has 1 heterocycles. The van der Waals surface area contributed by atoms with Gasteiger partial charge in [-0.2, -0.15) is 0 Å². The minimum absolute atomic E-state index is 0.0626. The molecule has 3 rings (SSSR count). The fraction of sp³-hybridized carbons (Fsp3) is 0.538. The number of aliphatic carboxylic acids is 1. The largest absolute Gasteiger partial charge is 0.481 e. The number of hydrogen-bond donors (Lipinski definition) is 2. The summed E-state index contributed by atoms with van der Waals surface area (Å²) in [6, 6.07) is 4.65. The number of carboxylic acids is 1. The van der Waals surface area contributed by atoms with Crippen molar-refractivity contribution in [2.24, 2.45) is 17.3 Å². The van der Waals surface area contributed by atoms with Gasteiger partial charge >= 0.3 is 5.97 Å². The van der Waals surface area contributed by atoms with E-state index < -0.39 is 5.97 Å². The molecule has 1 fully saturated rings. The van der Waals surface area contributed by atoms with Crippen LogP contribution in [0.1, 0.15) is 76.1 Å². The maximum absolute atomic E-state index is 13.8. The molecule has 0 aliphatic heterocycles. The standard InChI is InChI=1S/C26H34FNO3S/c1-26(2,3)21-10-8-11-22(18(21)9-6-4-5-7-12-24(29)30)28-25(31)20-16-32-23-14-13-17(27)15-19(20)23/h4,6,13-16,18,21-22H,5,7-12H2,1-3H3,(H,28,31)(H,29,30)/t18-,21+,22?/m1/s1. The van der Waals surface area contributed by atoms with Crippen molar-refractivity contribution in [3.8, 4) is 0 Å². The van der Waals surface area contributed by atoms with Crippen molar-refractivity contribution in [2.45, 2.75) is 71.8 Å². The summed E-state index contributed by atoms with van der Waals surface area (Å²) in [5.74, 6) is -0.438. The van der Waals surface area contributed by atoms with E-state index in [0.717, 1.165) is 36.8 Å². The van der Waals surface area contributed by atoms with Crippen LogP contribution in [-0.2, 0) is 4.79 Å². The number of unbranched alkanes of at least 4 members (excludes halogenated alkanes) is 1. The number of halogens is 1. The highest BCUT2D eigenvalue weighted by Crippen LogP contribution is 2.43. The van der Waals surface area contributed by atoms with Crippen LogP contribution >= 0.6 is 11.3 Å². The first-order valence-electron chi connectivity index (χ1n) is 11.5. The number of amides is 1. The predicted molar refractivity (Wildman–Crippen MR) is 129 cm³/mol. The van der Waals surface area contributed by atoms with E-state index in [0.29, 0.717) is 29.2 Å². The van der Waals surface area contributed by atoms with Gasteiger partial charge in [0, 0.05) is 27.9 Å². The average molecular weight is 460 g/mol. The fourth-order valence-corrected chi connectivity index (χ4v) is 5.94. The Balaban J connectivity index is 1.74. The molecule has 1 amide bonds. The zero-order valence-electron chi connectivity index (χ0n) is 19.2. The number of carbonyl (C=O) groups excluding carboxylic acids is 1. The van der Waals surface area contributed by atoms with Crippen molar-refractivity contribution in [1.29, 1.82) is 0 Å². The molecule has 1 aliphatic carbocycles. The number of hydrogen-bond acceptors (Lipinski definition) is 3. The molecule has 6 heteroatoms. The Morgan fingerprint density at radius 1 is 1.25 bits per heavy atom. The van der Waals surface area contributed by atoms with E-state index >= 15 is 0 Å². The minimum Gasteiger partial charge on any atom is -0.481 e. The van der Waals surface area contributed by atoms with Crippen molar-refractivity contribution >= 4 is 33.3 Å². The molecular formula is C26H34FNO3S. The lowest BCUT2D eigenvalue weighted by Crippen LogP contribution is -2.48. The van der Waals surface area contributed by atoms with Crippen LogP contribution in [0.5, 0.6) is 0 Å². The zero-order chi connectivity index (χ0) is 23.3. The summed E-state index contributed by atoms with van der Waals surface area (Å²) < 4.78 is 14.7. The maximum atomic E-state index is 13.8. The third kappa shape index (κ3) is 6.18. The predicted octanol–water partition coefficient (Wildman–Crippen LogP) is 6.80. The number of rotatable bonds is 8. The molecule has 0 radical (unpaired) electrons. The van der Waals surface area contributed by atoms with Crippen LogP contribution in [0.15, 0.2) is 35.7 Å². The van der Waals surface area contributed by atoms with Crippen molar-refractivity contribution in [1.82, 2.24) is 5.32 Å². The monoisotopic (exact) mass is 459 g/mol. The first-order valence-corrected chi connectivity index (χ1v) is 12.4. The quantitative estimate of drug-likeness (QED) is 0.337. The van der Waals surface area contributed by atoms with Crippen LogP contribution in [0, 0.1) is 23.1 Å². The summed E-state index contributed by atoms with van der Waals surface area (Å²) in [6.45, 7) is 6.79. The molecule has 174 valence electrons. The highest BCUT2D eigenvalue weighted by Gasteiger charge is 2.39. The number of allylic oxidation sites excluding steroid dienone is 2. The highest BCUT2D eigenvalue weighted by molar-refractivity contribution is 7.17. The Bertz CT molecular complexity index is 975. The minimum atomic E-state index is -0.762. The lowest BCUT2D eigenvalue weighted by Gasteiger charge is -2.45. The average Bonchev–Trinajstić information content (AvgIpc) is 3.13. The van der Waals surface area contributed by atoms with E-state index in [1.165, 1.54) is 23.5 Å². The topological polar surface area (TPSA) is 66.4 Å². The van der Waals surface area contributed by atoms with Crippen molar-refractivity contribution < 1.29 is 19.1 Å². The van der Waals surface area contributed by atoms with Gasteiger partial charge in [-0.15, -0.1) is 11.3 Å². The molecule has 2 aromatic rings. The SMILES string of the molecule is CC(C)(C)[C@H]1CCCC(NC(=O)c2csc3ccc(F)cc23)[C@@H]1CC=CCCCC(=O)O. The van der Waals surface area contributed by atoms with Crippen molar-refractivity contribution in [3.63, 3.8) is 0 Å². The number of carboxylic acid groups (broad SMARTS) is 1. The molecule has 1 aromatic heterocycles. The van der Waals surface area contributed by atoms with Gasteiger partial charge in [0.05, 0.1) is 5.56 Å². The van der Waals surface area contributed by atoms with Crippen molar-refractivity contribution in [2.75, 3.05) is 0 Å². The molecular weight excluding hydrogens is 425 g/mol. The van der Waals surface area contributed by atoms with Gasteiger partial charge in [-0.3, -0.25) is 9.59 Å². The van der Waals surface area contributed by atoms with Gasteiger partial charge in [0.1, 0.15) is 5.82 Å². The second-order valence-electron chi connectivity index (χ2n) is 9.93. The number of benzene rings is 1. The van der Waals surface area contributed by atoms with E-state index in [9.17, 15) is 14.0 Å². The molecule has 4 nitrogen and oxygen atoms in total. The van der Waals surface area contributed by atoms with Gasteiger partial charge in [0.15, 0.2) is 0 Å². The Hall–Kier alpha value is -2.21. The Morgan fingerprint density at radius 3 is 2.75 bits per heavy atom. The summed E-state index contributed by atoms with van der Waals surface area (Å²) in [4.78, 5) is 23.9. The molecule has 1 aliphatic rings. The smallest absolute Gasteiger partial charge is 0.303 e. The van der Waals surface area contributed by atoms with E-state index in [2.05, 4.69) is 38.2 Å². The van der Waals surface area contributed by atoms with Gasteiger partial charge in [0.2, 0.25) is 0 Å². The number of nitrogens with one attached hydrogen (secondary N) is 1. The number of carbonyl (C=O) groups is 2. The van der Waals surface area contributed by atoms with Crippen LogP contribution in [0.3, 0.4) is 0 Å². The Kier molecular flexibility index (Phi) is 8.10. The van der Waals surface area contributed by atoms with E-state index in [1.54, 1.807) is 6.07 Å². The zero-order valence-corrected chi connectivity index (χ0v) is 20.0. The van der Waals surface area contributed by atoms with Crippen molar-refractivity contribution in [3.05, 3.63) is 47.1 Å². The molecule has 1 saturated carbocycles. The second kappa shape index (κ2) is 10.6. The molecule has 1 unspecified atom stereocenters. The van der Waals surface area contributed by atoms with Gasteiger partial charge in [0.25, 0.3) is 5.91 Å². The van der Waals surface area contributed by atoms with Gasteiger partial charge in [-0.25, -0.2) is 4.39 Å². The lowest BCUT2D eigenvalue weighted by molar-refractivity contribution is -0.137. The summed E-state index contributed by atoms with van der Waals surface area (Å²) in [6.07, 6.45) is 9.82. The number of fused-ring (bicyclic) bond motifs is 1. The summed E-state index contributed by atoms with van der Waals surface area (Å²) in [5, 5.41) is 14.6. The molecule has 32 heavy (non-hydrogen) atoms. The van der Waals surface area contributed by atoms with Crippen LogP contribution in [0.25, 0.3) is 10.1 Å². The third-order valence-electron chi connectivity index (χ3n) is 6.61. The van der Waals surface area contributed by atoms with E-state index in [4.69, 9.17) is 5.11 Å². The van der Waals surface area contributed by atoms with E-state index in [1.807, 2.05) is 5.38 Å². The first-order chi connectivity index (χ1) is 15.2. The second-order valence-corrected chi connectivity index (χ2v) is 10.8. The molecule has 0 spiro atoms. The molecule has 2 N–H and O–H groups in total. The molecule has 3 atom stereocenters. The van der Waals surface area contributed by atoms with Gasteiger partial charge in [-0.05, 0) is 67.6 Å². The lowest BCUT2D eigenvalue weighted by atomic mass is 9.63. The maximum Gasteiger partial charge on any atom is 0.303 e. The summed E-state index contributed by atoms with van der Waals surface area (Å²) in [5.41, 5.74) is 0.675. The van der Waals surface area contributed by atoms with Crippen LogP contribution in [0.4, 0.5) is 4.39 Å². The normalized spacial score (nSPS) is 21.8. The third-order valence-corrected chi connectivity index (χ3v) is 7.57. The van der Waals surface area contributed by atoms with Crippen LogP contribution in [-0.4, -0.2) is 23.0 Å². The molecule has 0 saturated heterocycles. The van der Waals surface area contributed by atoms with Crippen LogP contribution < -0.4 is 5.32 Å². The van der Waals surface area contributed by atoms with Gasteiger partial charge in [-0.1, -0.05) is 39.3 Å². The van der Waals surface area contributed by atoms with Gasteiger partial charge < -0.3 is 10.4 Å². The molecule has 0 bridgehead atoms. The highest BCUT2D eigenvalue weighted by atomic mass is 32.1. The summed E-state index contributed by atoms with van der Waals surface area (Å²) >= 11 is 1.46. The van der Waals surface area contributed by atoms with E-state index in [-0.39, 0.29) is 29.6 Å². The first kappa shape index (κ1) is 24.4. The fourth-order valence-electron chi connectivity index (χ4n) is 5.01. The molecule has 1 aromatic carbocycles.